The molecule has 4 heteroatoms. The summed E-state index contributed by atoms with van der Waals surface area (Å²) in [6, 6.07) is 4.29. The SMILES string of the molecule is CC(Cc1ccco1)N1CCCC(C(C)(C)C(=O)O)C1. The highest BCUT2D eigenvalue weighted by atomic mass is 16.4. The van der Waals surface area contributed by atoms with Crippen LogP contribution in [-0.4, -0.2) is 35.1 Å². The molecule has 0 spiro atoms. The molecule has 2 atom stereocenters. The van der Waals surface area contributed by atoms with Crippen LogP contribution in [0.15, 0.2) is 22.8 Å². The van der Waals surface area contributed by atoms with E-state index in [-0.39, 0.29) is 5.92 Å². The van der Waals surface area contributed by atoms with Crippen LogP contribution in [0.2, 0.25) is 0 Å². The average Bonchev–Trinajstić information content (AvgIpc) is 2.91. The van der Waals surface area contributed by atoms with Crippen molar-refractivity contribution in [2.45, 2.75) is 46.1 Å². The lowest BCUT2D eigenvalue weighted by atomic mass is 9.74. The Hall–Kier alpha value is -1.29. The minimum absolute atomic E-state index is 0.216. The molecule has 1 aliphatic heterocycles. The maximum Gasteiger partial charge on any atom is 0.309 e. The Morgan fingerprint density at radius 2 is 2.35 bits per heavy atom. The Bertz CT molecular complexity index is 439. The normalized spacial score (nSPS) is 22.6. The lowest BCUT2D eigenvalue weighted by Crippen LogP contribution is -2.48. The number of nitrogens with zero attached hydrogens (tertiary/aromatic N) is 1. The highest BCUT2D eigenvalue weighted by Crippen LogP contribution is 2.35. The van der Waals surface area contributed by atoms with Gasteiger partial charge in [-0.2, -0.15) is 0 Å². The molecule has 1 aliphatic rings. The first-order chi connectivity index (χ1) is 9.41. The summed E-state index contributed by atoms with van der Waals surface area (Å²) in [5.74, 6) is 0.521. The Morgan fingerprint density at radius 3 is 2.95 bits per heavy atom. The first-order valence-corrected chi connectivity index (χ1v) is 7.41. The van der Waals surface area contributed by atoms with Crippen molar-refractivity contribution < 1.29 is 14.3 Å². The molecule has 1 aromatic rings. The number of hydrogen-bond donors (Lipinski definition) is 1. The van der Waals surface area contributed by atoms with E-state index in [1.165, 1.54) is 0 Å². The van der Waals surface area contributed by atoms with E-state index in [0.29, 0.717) is 6.04 Å². The molecule has 1 saturated heterocycles. The topological polar surface area (TPSA) is 53.7 Å². The third-order valence-corrected chi connectivity index (χ3v) is 4.72. The van der Waals surface area contributed by atoms with Gasteiger partial charge in [0.05, 0.1) is 11.7 Å². The lowest BCUT2D eigenvalue weighted by Gasteiger charge is -2.41. The molecule has 0 radical (unpaired) electrons. The van der Waals surface area contributed by atoms with Crippen molar-refractivity contribution in [1.82, 2.24) is 4.90 Å². The standard InChI is InChI=1S/C16H25NO3/c1-12(10-14-7-5-9-20-14)17-8-4-6-13(11-17)16(2,3)15(18)19/h5,7,9,12-13H,4,6,8,10-11H2,1-3H3,(H,18,19). The summed E-state index contributed by atoms with van der Waals surface area (Å²) in [5.41, 5.74) is -0.650. The summed E-state index contributed by atoms with van der Waals surface area (Å²) < 4.78 is 5.41. The second-order valence-corrected chi connectivity index (χ2v) is 6.49. The number of aliphatic carboxylic acids is 1. The van der Waals surface area contributed by atoms with Crippen molar-refractivity contribution in [2.24, 2.45) is 11.3 Å². The zero-order valence-electron chi connectivity index (χ0n) is 12.6. The van der Waals surface area contributed by atoms with Gasteiger partial charge in [0, 0.05) is 19.0 Å². The van der Waals surface area contributed by atoms with Crippen molar-refractivity contribution in [3.8, 4) is 0 Å². The van der Waals surface area contributed by atoms with Crippen molar-refractivity contribution in [1.29, 1.82) is 0 Å². The van der Waals surface area contributed by atoms with Gasteiger partial charge in [0.1, 0.15) is 5.76 Å². The molecule has 1 aromatic heterocycles. The van der Waals surface area contributed by atoms with E-state index >= 15 is 0 Å². The van der Waals surface area contributed by atoms with Crippen LogP contribution < -0.4 is 0 Å². The van der Waals surface area contributed by atoms with Crippen LogP contribution in [0.3, 0.4) is 0 Å². The summed E-state index contributed by atoms with van der Waals surface area (Å²) in [6.07, 6.45) is 4.66. The number of piperidine rings is 1. The molecule has 4 nitrogen and oxygen atoms in total. The molecule has 2 unspecified atom stereocenters. The van der Waals surface area contributed by atoms with Crippen LogP contribution in [0.4, 0.5) is 0 Å². The number of likely N-dealkylation sites (tertiary alicyclic amines) is 1. The fourth-order valence-electron chi connectivity index (χ4n) is 3.02. The fourth-order valence-corrected chi connectivity index (χ4v) is 3.02. The van der Waals surface area contributed by atoms with Crippen LogP contribution in [0.25, 0.3) is 0 Å². The van der Waals surface area contributed by atoms with Crippen LogP contribution in [0.1, 0.15) is 39.4 Å². The predicted octanol–water partition coefficient (Wildman–Crippen LogP) is 3.03. The van der Waals surface area contributed by atoms with Gasteiger partial charge in [0.2, 0.25) is 0 Å². The highest BCUT2D eigenvalue weighted by molar-refractivity contribution is 5.74. The molecule has 2 rings (SSSR count). The second-order valence-electron chi connectivity index (χ2n) is 6.49. The van der Waals surface area contributed by atoms with Gasteiger partial charge >= 0.3 is 5.97 Å². The Kier molecular flexibility index (Phi) is 4.53. The highest BCUT2D eigenvalue weighted by Gasteiger charge is 2.39. The molecule has 20 heavy (non-hydrogen) atoms. The molecule has 0 aliphatic carbocycles. The molecule has 0 bridgehead atoms. The molecule has 0 aromatic carbocycles. The summed E-state index contributed by atoms with van der Waals surface area (Å²) >= 11 is 0. The van der Waals surface area contributed by atoms with Gasteiger partial charge < -0.3 is 9.52 Å². The molecule has 1 fully saturated rings. The van der Waals surface area contributed by atoms with Gasteiger partial charge in [-0.1, -0.05) is 0 Å². The Morgan fingerprint density at radius 1 is 1.60 bits per heavy atom. The summed E-state index contributed by atoms with van der Waals surface area (Å²) in [4.78, 5) is 13.8. The van der Waals surface area contributed by atoms with Crippen molar-refractivity contribution in [2.75, 3.05) is 13.1 Å². The number of furan rings is 1. The fraction of sp³-hybridized carbons (Fsp3) is 0.688. The van der Waals surface area contributed by atoms with Crippen LogP contribution >= 0.6 is 0 Å². The second kappa shape index (κ2) is 6.00. The Labute approximate surface area is 120 Å². The van der Waals surface area contributed by atoms with E-state index in [1.54, 1.807) is 6.26 Å². The van der Waals surface area contributed by atoms with Crippen LogP contribution in [0, 0.1) is 11.3 Å². The molecule has 0 amide bonds. The molecular weight excluding hydrogens is 254 g/mol. The van der Waals surface area contributed by atoms with Gasteiger partial charge in [-0.15, -0.1) is 0 Å². The Balaban J connectivity index is 1.98. The third-order valence-electron chi connectivity index (χ3n) is 4.72. The van der Waals surface area contributed by atoms with Gasteiger partial charge in [-0.25, -0.2) is 0 Å². The first kappa shape index (κ1) is 15.1. The molecule has 112 valence electrons. The first-order valence-electron chi connectivity index (χ1n) is 7.41. The summed E-state index contributed by atoms with van der Waals surface area (Å²) in [6.45, 7) is 7.80. The number of rotatable bonds is 5. The number of carbonyl (C=O) groups is 1. The smallest absolute Gasteiger partial charge is 0.309 e. The number of carboxylic acid groups (broad SMARTS) is 1. The summed E-state index contributed by atoms with van der Waals surface area (Å²) in [5, 5.41) is 9.39. The zero-order valence-corrected chi connectivity index (χ0v) is 12.6. The van der Waals surface area contributed by atoms with E-state index in [1.807, 2.05) is 26.0 Å². The predicted molar refractivity (Wildman–Crippen MR) is 77.6 cm³/mol. The van der Waals surface area contributed by atoms with Gasteiger partial charge in [0.15, 0.2) is 0 Å². The van der Waals surface area contributed by atoms with E-state index in [4.69, 9.17) is 4.42 Å². The molecule has 0 saturated carbocycles. The zero-order chi connectivity index (χ0) is 14.8. The largest absolute Gasteiger partial charge is 0.481 e. The van der Waals surface area contributed by atoms with E-state index in [9.17, 15) is 9.90 Å². The third kappa shape index (κ3) is 3.23. The molecular formula is C16H25NO3. The van der Waals surface area contributed by atoms with Crippen LogP contribution in [0.5, 0.6) is 0 Å². The minimum Gasteiger partial charge on any atom is -0.481 e. The quantitative estimate of drug-likeness (QED) is 0.900. The number of carboxylic acids is 1. The number of hydrogen-bond acceptors (Lipinski definition) is 3. The van der Waals surface area contributed by atoms with Gasteiger partial charge in [-0.05, 0) is 58.2 Å². The van der Waals surface area contributed by atoms with Gasteiger partial charge in [0.25, 0.3) is 0 Å². The maximum atomic E-state index is 11.4. The molecule has 2 heterocycles. The van der Waals surface area contributed by atoms with Crippen molar-refractivity contribution in [3.63, 3.8) is 0 Å². The van der Waals surface area contributed by atoms with Crippen molar-refractivity contribution >= 4 is 5.97 Å². The minimum atomic E-state index is -0.692. The molecule has 1 N–H and O–H groups in total. The summed E-state index contributed by atoms with van der Waals surface area (Å²) in [7, 11) is 0. The van der Waals surface area contributed by atoms with Gasteiger partial charge in [-0.3, -0.25) is 9.69 Å². The van der Waals surface area contributed by atoms with E-state index < -0.39 is 11.4 Å². The lowest BCUT2D eigenvalue weighted by molar-refractivity contribution is -0.151. The van der Waals surface area contributed by atoms with Crippen LogP contribution in [-0.2, 0) is 11.2 Å². The van der Waals surface area contributed by atoms with E-state index in [0.717, 1.165) is 38.1 Å². The monoisotopic (exact) mass is 279 g/mol. The van der Waals surface area contributed by atoms with E-state index in [2.05, 4.69) is 11.8 Å². The average molecular weight is 279 g/mol. The maximum absolute atomic E-state index is 11.4. The van der Waals surface area contributed by atoms with Crippen molar-refractivity contribution in [3.05, 3.63) is 24.2 Å².